The standard InChI is InChI=1S/C20H20N4O4/c1-12-8-15(14(3)24(12)19-9-13(2)28-23-19)10-21-22-20(25)18-11-26-16-6-4-5-7-17(16)27-18/h4-10,18H,11H2,1-3H3,(H,22,25)/b21-10-/t18-/m1/s1. The highest BCUT2D eigenvalue weighted by molar-refractivity contribution is 5.86. The van der Waals surface area contributed by atoms with Gasteiger partial charge in [-0.3, -0.25) is 9.36 Å². The molecular formula is C20H20N4O4. The third-order valence-electron chi connectivity index (χ3n) is 4.49. The molecule has 0 unspecified atom stereocenters. The lowest BCUT2D eigenvalue weighted by atomic mass is 10.2. The molecule has 8 heteroatoms. The highest BCUT2D eigenvalue weighted by atomic mass is 16.6. The molecule has 0 bridgehead atoms. The number of aromatic nitrogens is 2. The number of fused-ring (bicyclic) bond motifs is 1. The number of carbonyl (C=O) groups excluding carboxylic acids is 1. The first-order valence-electron chi connectivity index (χ1n) is 8.87. The molecule has 1 atom stereocenters. The first-order chi connectivity index (χ1) is 13.5. The van der Waals surface area contributed by atoms with Crippen LogP contribution < -0.4 is 14.9 Å². The fraction of sp³-hybridized carbons (Fsp3) is 0.250. The van der Waals surface area contributed by atoms with Crippen molar-refractivity contribution in [1.29, 1.82) is 0 Å². The number of aryl methyl sites for hydroxylation is 2. The molecule has 8 nitrogen and oxygen atoms in total. The topological polar surface area (TPSA) is 90.9 Å². The van der Waals surface area contributed by atoms with Gasteiger partial charge in [0.15, 0.2) is 17.3 Å². The number of rotatable bonds is 4. The second-order valence-electron chi connectivity index (χ2n) is 6.56. The number of ether oxygens (including phenoxy) is 2. The number of hydrazone groups is 1. The monoisotopic (exact) mass is 380 g/mol. The van der Waals surface area contributed by atoms with Crippen molar-refractivity contribution in [3.8, 4) is 17.3 Å². The number of nitrogens with one attached hydrogen (secondary N) is 1. The van der Waals surface area contributed by atoms with E-state index >= 15 is 0 Å². The van der Waals surface area contributed by atoms with Crippen LogP contribution in [0.2, 0.25) is 0 Å². The number of benzene rings is 1. The van der Waals surface area contributed by atoms with Crippen LogP contribution in [-0.2, 0) is 4.79 Å². The van der Waals surface area contributed by atoms with Crippen LogP contribution in [-0.4, -0.2) is 34.6 Å². The number of hydrogen-bond acceptors (Lipinski definition) is 6. The van der Waals surface area contributed by atoms with Crippen LogP contribution in [0.4, 0.5) is 0 Å². The van der Waals surface area contributed by atoms with Crippen molar-refractivity contribution in [2.75, 3.05) is 6.61 Å². The van der Waals surface area contributed by atoms with Crippen molar-refractivity contribution in [2.45, 2.75) is 26.9 Å². The van der Waals surface area contributed by atoms with Crippen LogP contribution in [0.1, 0.15) is 22.7 Å². The van der Waals surface area contributed by atoms with Crippen LogP contribution in [0, 0.1) is 20.8 Å². The van der Waals surface area contributed by atoms with Gasteiger partial charge in [0, 0.05) is 23.0 Å². The molecule has 1 N–H and O–H groups in total. The maximum Gasteiger partial charge on any atom is 0.284 e. The Morgan fingerprint density at radius 1 is 1.25 bits per heavy atom. The van der Waals surface area contributed by atoms with Gasteiger partial charge in [-0.25, -0.2) is 5.43 Å². The Labute approximate surface area is 161 Å². The Morgan fingerprint density at radius 2 is 2.04 bits per heavy atom. The molecule has 0 spiro atoms. The molecule has 0 saturated carbocycles. The summed E-state index contributed by atoms with van der Waals surface area (Å²) in [7, 11) is 0. The zero-order valence-corrected chi connectivity index (χ0v) is 15.8. The minimum atomic E-state index is -0.752. The van der Waals surface area contributed by atoms with Crippen molar-refractivity contribution in [3.63, 3.8) is 0 Å². The second kappa shape index (κ2) is 7.22. The third-order valence-corrected chi connectivity index (χ3v) is 4.49. The van der Waals surface area contributed by atoms with E-state index in [1.807, 2.05) is 49.6 Å². The molecule has 4 rings (SSSR count). The molecule has 0 saturated heterocycles. The average Bonchev–Trinajstić information content (AvgIpc) is 3.23. The van der Waals surface area contributed by atoms with Gasteiger partial charge in [0.25, 0.3) is 5.91 Å². The van der Waals surface area contributed by atoms with Crippen LogP contribution >= 0.6 is 0 Å². The normalized spacial score (nSPS) is 15.8. The number of hydrogen-bond donors (Lipinski definition) is 1. The van der Waals surface area contributed by atoms with Gasteiger partial charge >= 0.3 is 0 Å². The van der Waals surface area contributed by atoms with E-state index in [-0.39, 0.29) is 12.5 Å². The molecule has 0 aliphatic carbocycles. The molecule has 144 valence electrons. The Bertz CT molecular complexity index is 1050. The van der Waals surface area contributed by atoms with E-state index in [9.17, 15) is 4.79 Å². The number of para-hydroxylation sites is 2. The molecule has 0 fully saturated rings. The molecule has 3 heterocycles. The number of carbonyl (C=O) groups is 1. The summed E-state index contributed by atoms with van der Waals surface area (Å²) in [6, 6.07) is 11.1. The van der Waals surface area contributed by atoms with E-state index in [4.69, 9.17) is 14.0 Å². The maximum atomic E-state index is 12.3. The Kier molecular flexibility index (Phi) is 4.60. The van der Waals surface area contributed by atoms with Gasteiger partial charge in [0.2, 0.25) is 6.10 Å². The van der Waals surface area contributed by atoms with E-state index in [1.165, 1.54) is 0 Å². The van der Waals surface area contributed by atoms with Crippen molar-refractivity contribution < 1.29 is 18.8 Å². The lowest BCUT2D eigenvalue weighted by Gasteiger charge is -2.24. The second-order valence-corrected chi connectivity index (χ2v) is 6.56. The zero-order valence-electron chi connectivity index (χ0n) is 15.8. The highest BCUT2D eigenvalue weighted by Gasteiger charge is 2.27. The van der Waals surface area contributed by atoms with Gasteiger partial charge in [-0.2, -0.15) is 5.10 Å². The van der Waals surface area contributed by atoms with Crippen molar-refractivity contribution in [2.24, 2.45) is 5.10 Å². The van der Waals surface area contributed by atoms with Crippen LogP contribution in [0.15, 0.2) is 46.0 Å². The van der Waals surface area contributed by atoms with Crippen LogP contribution in [0.3, 0.4) is 0 Å². The SMILES string of the molecule is Cc1cc(-n2c(C)cc(/C=N\NC(=O)[C@H]3COc4ccccc4O3)c2C)no1. The van der Waals surface area contributed by atoms with E-state index in [0.29, 0.717) is 17.3 Å². The third kappa shape index (κ3) is 3.36. The summed E-state index contributed by atoms with van der Waals surface area (Å²) in [6.07, 6.45) is 0.846. The molecule has 1 aromatic carbocycles. The highest BCUT2D eigenvalue weighted by Crippen LogP contribution is 2.30. The van der Waals surface area contributed by atoms with Gasteiger partial charge in [-0.05, 0) is 39.0 Å². The number of amides is 1. The van der Waals surface area contributed by atoms with Gasteiger partial charge in [0.05, 0.1) is 6.21 Å². The smallest absolute Gasteiger partial charge is 0.284 e. The molecule has 0 radical (unpaired) electrons. The molecule has 2 aromatic heterocycles. The van der Waals surface area contributed by atoms with Crippen LogP contribution in [0.25, 0.3) is 5.82 Å². The molecule has 1 aliphatic heterocycles. The molecule has 1 amide bonds. The Morgan fingerprint density at radius 3 is 2.79 bits per heavy atom. The predicted molar refractivity (Wildman–Crippen MR) is 102 cm³/mol. The quantitative estimate of drug-likeness (QED) is 0.555. The molecule has 28 heavy (non-hydrogen) atoms. The van der Waals surface area contributed by atoms with Crippen molar-refractivity contribution >= 4 is 12.1 Å². The first-order valence-corrected chi connectivity index (χ1v) is 8.87. The summed E-state index contributed by atoms with van der Waals surface area (Å²) in [4.78, 5) is 12.3. The largest absolute Gasteiger partial charge is 0.485 e. The van der Waals surface area contributed by atoms with E-state index in [1.54, 1.807) is 18.3 Å². The van der Waals surface area contributed by atoms with Crippen molar-refractivity contribution in [3.05, 3.63) is 59.1 Å². The van der Waals surface area contributed by atoms with Crippen LogP contribution in [0.5, 0.6) is 11.5 Å². The molecule has 1 aliphatic rings. The fourth-order valence-corrected chi connectivity index (χ4v) is 3.12. The summed E-state index contributed by atoms with van der Waals surface area (Å²) < 4.78 is 18.3. The summed E-state index contributed by atoms with van der Waals surface area (Å²) >= 11 is 0. The van der Waals surface area contributed by atoms with Gasteiger partial charge in [-0.1, -0.05) is 17.3 Å². The van der Waals surface area contributed by atoms with Gasteiger partial charge in [0.1, 0.15) is 12.4 Å². The minimum Gasteiger partial charge on any atom is -0.485 e. The Hall–Kier alpha value is -3.55. The molecule has 3 aromatic rings. The average molecular weight is 380 g/mol. The lowest BCUT2D eigenvalue weighted by molar-refractivity contribution is -0.130. The fourth-order valence-electron chi connectivity index (χ4n) is 3.12. The van der Waals surface area contributed by atoms with Gasteiger partial charge in [-0.15, -0.1) is 0 Å². The van der Waals surface area contributed by atoms with Crippen molar-refractivity contribution in [1.82, 2.24) is 15.1 Å². The van der Waals surface area contributed by atoms with E-state index in [2.05, 4.69) is 15.7 Å². The lowest BCUT2D eigenvalue weighted by Crippen LogP contribution is -2.42. The number of nitrogens with zero attached hydrogens (tertiary/aromatic N) is 3. The van der Waals surface area contributed by atoms with E-state index in [0.717, 1.165) is 22.7 Å². The zero-order chi connectivity index (χ0) is 19.7. The molecular weight excluding hydrogens is 360 g/mol. The van der Waals surface area contributed by atoms with Gasteiger partial charge < -0.3 is 14.0 Å². The van der Waals surface area contributed by atoms with E-state index < -0.39 is 6.10 Å². The summed E-state index contributed by atoms with van der Waals surface area (Å²) in [5.74, 6) is 2.26. The summed E-state index contributed by atoms with van der Waals surface area (Å²) in [6.45, 7) is 5.91. The predicted octanol–water partition coefficient (Wildman–Crippen LogP) is 2.68. The minimum absolute atomic E-state index is 0.137. The first kappa shape index (κ1) is 17.8. The maximum absolute atomic E-state index is 12.3. The Balaban J connectivity index is 1.44. The summed E-state index contributed by atoms with van der Waals surface area (Å²) in [5.41, 5.74) is 5.30. The summed E-state index contributed by atoms with van der Waals surface area (Å²) in [5, 5.41) is 8.12.